The minimum absolute atomic E-state index is 0.544. The van der Waals surface area contributed by atoms with Crippen molar-refractivity contribution in [2.24, 2.45) is 5.10 Å². The summed E-state index contributed by atoms with van der Waals surface area (Å²) >= 11 is -1.08. The molecule has 0 radical (unpaired) electrons. The van der Waals surface area contributed by atoms with Gasteiger partial charge >= 0.3 is 0 Å². The average molecular weight is 254 g/mol. The first kappa shape index (κ1) is 13.9. The van der Waals surface area contributed by atoms with Gasteiger partial charge < -0.3 is 9.56 Å². The second kappa shape index (κ2) is 5.97. The van der Waals surface area contributed by atoms with Crippen LogP contribution in [-0.2, 0) is 11.2 Å². The van der Waals surface area contributed by atoms with Crippen LogP contribution in [0.1, 0.15) is 25.2 Å². The van der Waals surface area contributed by atoms with Crippen LogP contribution in [0.2, 0.25) is 0 Å². The van der Waals surface area contributed by atoms with Crippen LogP contribution in [0.3, 0.4) is 0 Å². The number of rotatable bonds is 4. The molecule has 5 nitrogen and oxygen atoms in total. The van der Waals surface area contributed by atoms with Gasteiger partial charge in [-0.3, -0.25) is 4.98 Å². The molecule has 1 aromatic rings. The van der Waals surface area contributed by atoms with Gasteiger partial charge in [-0.25, -0.2) is 0 Å². The second-order valence-electron chi connectivity index (χ2n) is 3.81. The summed E-state index contributed by atoms with van der Waals surface area (Å²) in [6, 6.07) is 0. The molecule has 1 rings (SSSR count). The van der Waals surface area contributed by atoms with E-state index in [-0.39, 0.29) is 0 Å². The van der Waals surface area contributed by atoms with Crippen LogP contribution < -0.4 is 0 Å². The molecule has 0 aliphatic carbocycles. The molecule has 0 aromatic carbocycles. The fourth-order valence-electron chi connectivity index (χ4n) is 1.31. The van der Waals surface area contributed by atoms with Gasteiger partial charge in [-0.2, -0.15) is 10.1 Å². The van der Waals surface area contributed by atoms with Crippen LogP contribution in [0, 0.1) is 6.92 Å². The van der Waals surface area contributed by atoms with Crippen molar-refractivity contribution in [3.8, 4) is 0 Å². The van der Waals surface area contributed by atoms with Crippen molar-refractivity contribution in [1.29, 1.82) is 0 Å². The van der Waals surface area contributed by atoms with Crippen molar-refractivity contribution in [1.82, 2.24) is 15.0 Å². The normalized spacial score (nSPS) is 13.6. The Kier molecular flexibility index (Phi) is 4.89. The monoisotopic (exact) mass is 254 g/mol. The molecule has 0 saturated carbocycles. The summed E-state index contributed by atoms with van der Waals surface area (Å²) in [5.41, 5.74) is 2.14. The highest BCUT2D eigenvalue weighted by Gasteiger charge is 2.16. The fourth-order valence-corrected chi connectivity index (χ4v) is 2.17. The fraction of sp³-hybridized carbons (Fsp3) is 0.545. The molecule has 1 heterocycles. The molecule has 0 spiro atoms. The zero-order chi connectivity index (χ0) is 13.0. The van der Waals surface area contributed by atoms with E-state index in [0.29, 0.717) is 22.2 Å². The lowest BCUT2D eigenvalue weighted by molar-refractivity contribution is 0.437. The molecule has 0 aliphatic rings. The summed E-state index contributed by atoms with van der Waals surface area (Å²) in [7, 11) is 3.69. The van der Waals surface area contributed by atoms with Crippen LogP contribution in [0.5, 0.6) is 0 Å². The Bertz CT molecular complexity index is 420. The topological polar surface area (TPSA) is 64.4 Å². The number of aryl methyl sites for hydroxylation is 1. The maximum atomic E-state index is 11.8. The van der Waals surface area contributed by atoms with E-state index in [1.807, 2.05) is 34.9 Å². The molecule has 94 valence electrons. The molecule has 1 unspecified atom stereocenters. The summed E-state index contributed by atoms with van der Waals surface area (Å²) in [6.07, 6.45) is 1.66. The molecule has 0 bridgehead atoms. The molecule has 17 heavy (non-hydrogen) atoms. The van der Waals surface area contributed by atoms with Crippen LogP contribution in [0.25, 0.3) is 0 Å². The SMILES string of the molecule is CC[S+]([O-])c1nc(/C(C)=N/N(C)C)cnc1C. The molecule has 6 heteroatoms. The molecule has 0 aliphatic heterocycles. The third kappa shape index (κ3) is 3.67. The Balaban J connectivity index is 3.12. The van der Waals surface area contributed by atoms with Crippen LogP contribution in [0.15, 0.2) is 16.3 Å². The summed E-state index contributed by atoms with van der Waals surface area (Å²) in [5.74, 6) is 0.544. The van der Waals surface area contributed by atoms with Crippen molar-refractivity contribution in [3.05, 3.63) is 17.6 Å². The zero-order valence-electron chi connectivity index (χ0n) is 10.9. The second-order valence-corrected chi connectivity index (χ2v) is 5.47. The maximum absolute atomic E-state index is 11.8. The Morgan fingerprint density at radius 2 is 2.18 bits per heavy atom. The average Bonchev–Trinajstić information content (AvgIpc) is 2.27. The third-order valence-corrected chi connectivity index (χ3v) is 3.45. The molecular formula is C11H18N4OS. The van der Waals surface area contributed by atoms with Crippen LogP contribution in [0.4, 0.5) is 0 Å². The summed E-state index contributed by atoms with van der Waals surface area (Å²) in [4.78, 5) is 8.60. The molecule has 0 saturated heterocycles. The molecule has 0 fully saturated rings. The van der Waals surface area contributed by atoms with E-state index in [4.69, 9.17) is 0 Å². The first-order valence-corrected chi connectivity index (χ1v) is 6.72. The molecular weight excluding hydrogens is 236 g/mol. The van der Waals surface area contributed by atoms with Gasteiger partial charge in [-0.15, -0.1) is 0 Å². The number of nitrogens with zero attached hydrogens (tertiary/aromatic N) is 4. The first-order valence-electron chi connectivity index (χ1n) is 5.40. The standard InChI is InChI=1S/C11H18N4OS/c1-6-17(16)11-9(3)12-7-10(13-11)8(2)14-15(4)5/h7H,6H2,1-5H3/b14-8+. The van der Waals surface area contributed by atoms with Gasteiger partial charge in [0.25, 0.3) is 5.03 Å². The van der Waals surface area contributed by atoms with Gasteiger partial charge in [0, 0.05) is 25.3 Å². The number of aromatic nitrogens is 2. The van der Waals surface area contributed by atoms with Crippen molar-refractivity contribution in [2.75, 3.05) is 19.8 Å². The minimum atomic E-state index is -1.08. The van der Waals surface area contributed by atoms with E-state index < -0.39 is 11.2 Å². The van der Waals surface area contributed by atoms with Crippen molar-refractivity contribution in [3.63, 3.8) is 0 Å². The Morgan fingerprint density at radius 1 is 1.53 bits per heavy atom. The van der Waals surface area contributed by atoms with E-state index in [1.165, 1.54) is 0 Å². The lowest BCUT2D eigenvalue weighted by Gasteiger charge is -2.11. The molecule has 1 atom stereocenters. The van der Waals surface area contributed by atoms with Crippen molar-refractivity contribution < 1.29 is 4.55 Å². The predicted octanol–water partition coefficient (Wildman–Crippen LogP) is 1.20. The van der Waals surface area contributed by atoms with E-state index in [9.17, 15) is 4.55 Å². The Morgan fingerprint density at radius 3 is 2.71 bits per heavy atom. The highest BCUT2D eigenvalue weighted by atomic mass is 32.2. The van der Waals surface area contributed by atoms with Gasteiger partial charge in [-0.1, -0.05) is 0 Å². The van der Waals surface area contributed by atoms with Gasteiger partial charge in [-0.05, 0) is 20.8 Å². The van der Waals surface area contributed by atoms with Gasteiger partial charge in [0.1, 0.15) is 17.1 Å². The molecule has 0 N–H and O–H groups in total. The lowest BCUT2D eigenvalue weighted by atomic mass is 10.3. The predicted molar refractivity (Wildman–Crippen MR) is 69.6 cm³/mol. The Hall–Kier alpha value is -1.14. The lowest BCUT2D eigenvalue weighted by Crippen LogP contribution is -2.14. The molecule has 0 amide bonds. The van der Waals surface area contributed by atoms with E-state index in [2.05, 4.69) is 15.1 Å². The highest BCUT2D eigenvalue weighted by Crippen LogP contribution is 2.12. The van der Waals surface area contributed by atoms with Crippen molar-refractivity contribution >= 4 is 16.9 Å². The quantitative estimate of drug-likeness (QED) is 0.460. The van der Waals surface area contributed by atoms with Crippen molar-refractivity contribution in [2.45, 2.75) is 25.8 Å². The van der Waals surface area contributed by atoms with Gasteiger partial charge in [0.05, 0.1) is 11.9 Å². The summed E-state index contributed by atoms with van der Waals surface area (Å²) in [6.45, 7) is 5.54. The van der Waals surface area contributed by atoms with Crippen LogP contribution in [-0.4, -0.2) is 45.1 Å². The third-order valence-electron chi connectivity index (χ3n) is 2.11. The van der Waals surface area contributed by atoms with Gasteiger partial charge in [0.2, 0.25) is 0 Å². The van der Waals surface area contributed by atoms with E-state index >= 15 is 0 Å². The van der Waals surface area contributed by atoms with E-state index in [0.717, 1.165) is 5.71 Å². The smallest absolute Gasteiger partial charge is 0.266 e. The molecule has 1 aromatic heterocycles. The number of hydrogen-bond acceptors (Lipinski definition) is 5. The number of hydrazone groups is 1. The highest BCUT2D eigenvalue weighted by molar-refractivity contribution is 7.91. The maximum Gasteiger partial charge on any atom is 0.266 e. The van der Waals surface area contributed by atoms with Gasteiger partial charge in [0.15, 0.2) is 0 Å². The minimum Gasteiger partial charge on any atom is -0.610 e. The zero-order valence-corrected chi connectivity index (χ0v) is 11.7. The first-order chi connectivity index (χ1) is 7.95. The Labute approximate surface area is 105 Å². The summed E-state index contributed by atoms with van der Waals surface area (Å²) in [5, 5.41) is 6.51. The summed E-state index contributed by atoms with van der Waals surface area (Å²) < 4.78 is 11.8. The largest absolute Gasteiger partial charge is 0.610 e. The number of hydrogen-bond donors (Lipinski definition) is 0. The van der Waals surface area contributed by atoms with E-state index in [1.54, 1.807) is 11.2 Å². The van der Waals surface area contributed by atoms with Crippen LogP contribution >= 0.6 is 0 Å².